The summed E-state index contributed by atoms with van der Waals surface area (Å²) in [6.45, 7) is 1.81. The quantitative estimate of drug-likeness (QED) is 0.576. The first kappa shape index (κ1) is 19.0. The number of hydrogen-bond acceptors (Lipinski definition) is 5. The lowest BCUT2D eigenvalue weighted by atomic mass is 9.85. The molecule has 1 N–H and O–H groups in total. The average molecular weight is 394 g/mol. The fourth-order valence-electron chi connectivity index (χ4n) is 3.75. The summed E-state index contributed by atoms with van der Waals surface area (Å²) >= 11 is 0. The van der Waals surface area contributed by atoms with Crippen molar-refractivity contribution in [2.75, 3.05) is 13.3 Å². The number of unbranched alkanes of at least 4 members (excludes halogenated alkanes) is 1. The first-order valence-corrected chi connectivity index (χ1v) is 9.67. The van der Waals surface area contributed by atoms with Gasteiger partial charge in [-0.25, -0.2) is 4.79 Å². The van der Waals surface area contributed by atoms with Crippen molar-refractivity contribution in [1.82, 2.24) is 10.2 Å². The maximum atomic E-state index is 13.3. The number of ketones is 1. The molecular formula is C22H22N2O5. The number of hydrogen-bond donors (Lipinski definition) is 1. The Hall–Kier alpha value is -3.35. The van der Waals surface area contributed by atoms with Crippen molar-refractivity contribution in [3.05, 3.63) is 59.7 Å². The Balaban J connectivity index is 1.59. The number of fused-ring (bicyclic) bond motifs is 1. The zero-order valence-corrected chi connectivity index (χ0v) is 16.1. The smallest absolute Gasteiger partial charge is 0.325 e. The lowest BCUT2D eigenvalue weighted by Gasteiger charge is -2.27. The van der Waals surface area contributed by atoms with E-state index in [-0.39, 0.29) is 19.1 Å². The van der Waals surface area contributed by atoms with Crippen LogP contribution in [0.4, 0.5) is 4.79 Å². The van der Waals surface area contributed by atoms with Gasteiger partial charge in [0.2, 0.25) is 6.79 Å². The highest BCUT2D eigenvalue weighted by Gasteiger charge is 2.52. The molecule has 2 aromatic rings. The highest BCUT2D eigenvalue weighted by Crippen LogP contribution is 2.35. The Morgan fingerprint density at radius 3 is 2.62 bits per heavy atom. The van der Waals surface area contributed by atoms with Crippen LogP contribution in [0.3, 0.4) is 0 Å². The first-order chi connectivity index (χ1) is 14.0. The summed E-state index contributed by atoms with van der Waals surface area (Å²) in [6, 6.07) is 13.5. The number of carbonyl (C=O) groups is 3. The Morgan fingerprint density at radius 1 is 1.10 bits per heavy atom. The lowest BCUT2D eigenvalue weighted by molar-refractivity contribution is -0.131. The van der Waals surface area contributed by atoms with Gasteiger partial charge in [-0.05, 0) is 30.2 Å². The van der Waals surface area contributed by atoms with E-state index in [0.717, 1.165) is 23.3 Å². The van der Waals surface area contributed by atoms with Gasteiger partial charge in [0, 0.05) is 5.56 Å². The van der Waals surface area contributed by atoms with Crippen molar-refractivity contribution in [2.24, 2.45) is 0 Å². The number of nitrogens with zero attached hydrogens (tertiary/aromatic N) is 1. The monoisotopic (exact) mass is 394 g/mol. The maximum Gasteiger partial charge on any atom is 0.325 e. The van der Waals surface area contributed by atoms with Crippen molar-refractivity contribution >= 4 is 17.7 Å². The van der Waals surface area contributed by atoms with Gasteiger partial charge in [0.05, 0.1) is 6.54 Å². The van der Waals surface area contributed by atoms with E-state index in [4.69, 9.17) is 9.47 Å². The van der Waals surface area contributed by atoms with E-state index in [1.54, 1.807) is 18.2 Å². The number of Topliss-reactive ketones (excluding diaryl/α,β-unsaturated/α-hetero) is 1. The van der Waals surface area contributed by atoms with Crippen LogP contribution in [0.2, 0.25) is 0 Å². The molecule has 0 radical (unpaired) electrons. The van der Waals surface area contributed by atoms with Crippen LogP contribution in [0.5, 0.6) is 11.5 Å². The van der Waals surface area contributed by atoms with Crippen molar-refractivity contribution in [1.29, 1.82) is 0 Å². The minimum absolute atomic E-state index is 0.108. The van der Waals surface area contributed by atoms with Crippen molar-refractivity contribution in [2.45, 2.75) is 31.7 Å². The van der Waals surface area contributed by atoms with Gasteiger partial charge in [-0.3, -0.25) is 14.5 Å². The summed E-state index contributed by atoms with van der Waals surface area (Å²) in [5.74, 6) is 0.316. The van der Waals surface area contributed by atoms with Crippen LogP contribution < -0.4 is 14.8 Å². The maximum absolute atomic E-state index is 13.3. The van der Waals surface area contributed by atoms with E-state index in [1.807, 2.05) is 37.3 Å². The molecule has 150 valence electrons. The molecule has 0 aromatic heterocycles. The molecule has 2 aliphatic heterocycles. The summed E-state index contributed by atoms with van der Waals surface area (Å²) in [5, 5.41) is 2.86. The third-order valence-electron chi connectivity index (χ3n) is 5.34. The summed E-state index contributed by atoms with van der Waals surface area (Å²) in [7, 11) is 0. The number of nitrogens with one attached hydrogen (secondary N) is 1. The molecule has 2 aliphatic rings. The van der Waals surface area contributed by atoms with Gasteiger partial charge < -0.3 is 14.8 Å². The molecule has 1 atom stereocenters. The molecule has 1 saturated heterocycles. The molecule has 2 aromatic carbocycles. The topological polar surface area (TPSA) is 84.9 Å². The molecule has 0 aliphatic carbocycles. The van der Waals surface area contributed by atoms with Crippen molar-refractivity contribution < 1.29 is 23.9 Å². The van der Waals surface area contributed by atoms with Gasteiger partial charge in [-0.1, -0.05) is 50.1 Å². The van der Waals surface area contributed by atoms with E-state index >= 15 is 0 Å². The Labute approximate surface area is 168 Å². The number of carbonyl (C=O) groups excluding carboxylic acids is 3. The molecule has 7 nitrogen and oxygen atoms in total. The van der Waals surface area contributed by atoms with Crippen molar-refractivity contribution in [3.8, 4) is 11.5 Å². The number of imide groups is 1. The van der Waals surface area contributed by atoms with Crippen molar-refractivity contribution in [3.63, 3.8) is 0 Å². The molecule has 0 spiro atoms. The van der Waals surface area contributed by atoms with Gasteiger partial charge in [0.25, 0.3) is 5.91 Å². The Bertz CT molecular complexity index is 959. The van der Waals surface area contributed by atoms with E-state index in [2.05, 4.69) is 5.32 Å². The molecule has 0 bridgehead atoms. The molecule has 1 fully saturated rings. The highest BCUT2D eigenvalue weighted by molar-refractivity contribution is 6.11. The molecule has 0 saturated carbocycles. The molecule has 4 rings (SSSR count). The van der Waals surface area contributed by atoms with Crippen LogP contribution in [0.25, 0.3) is 0 Å². The fraction of sp³-hybridized carbons (Fsp3) is 0.318. The highest BCUT2D eigenvalue weighted by atomic mass is 16.7. The number of ether oxygens (including phenoxy) is 2. The average Bonchev–Trinajstić information content (AvgIpc) is 3.31. The molecule has 2 heterocycles. The van der Waals surface area contributed by atoms with Gasteiger partial charge in [-0.15, -0.1) is 0 Å². The zero-order chi connectivity index (χ0) is 20.4. The molecule has 29 heavy (non-hydrogen) atoms. The minimum atomic E-state index is -1.14. The Morgan fingerprint density at radius 2 is 1.86 bits per heavy atom. The third kappa shape index (κ3) is 3.33. The second-order valence-corrected chi connectivity index (χ2v) is 7.19. The summed E-state index contributed by atoms with van der Waals surface area (Å²) in [6.07, 6.45) is 2.13. The second kappa shape index (κ2) is 7.58. The molecular weight excluding hydrogens is 372 g/mol. The van der Waals surface area contributed by atoms with Crippen LogP contribution in [-0.4, -0.2) is 36.0 Å². The van der Waals surface area contributed by atoms with Gasteiger partial charge >= 0.3 is 6.03 Å². The van der Waals surface area contributed by atoms with E-state index < -0.39 is 17.5 Å². The first-order valence-electron chi connectivity index (χ1n) is 9.67. The van der Waals surface area contributed by atoms with Gasteiger partial charge in [-0.2, -0.15) is 0 Å². The van der Waals surface area contributed by atoms with Crippen LogP contribution >= 0.6 is 0 Å². The van der Waals surface area contributed by atoms with Crippen LogP contribution in [0.1, 0.15) is 42.1 Å². The normalized spacial score (nSPS) is 20.1. The third-order valence-corrected chi connectivity index (χ3v) is 5.34. The van der Waals surface area contributed by atoms with Crippen LogP contribution in [-0.2, 0) is 10.3 Å². The predicted molar refractivity (Wildman–Crippen MR) is 105 cm³/mol. The molecule has 0 unspecified atom stereocenters. The lowest BCUT2D eigenvalue weighted by Crippen LogP contribution is -2.44. The molecule has 3 amide bonds. The number of amides is 3. The van der Waals surface area contributed by atoms with Gasteiger partial charge in [0.15, 0.2) is 17.3 Å². The standard InChI is InChI=1S/C22H22N2O5/c1-2-3-11-22(16-7-5-4-6-8-16)20(26)24(21(27)23-22)13-17(25)15-9-10-18-19(12-15)29-14-28-18/h4-10,12H,2-3,11,13-14H2,1H3,(H,23,27)/t22-/m0/s1. The summed E-state index contributed by atoms with van der Waals surface area (Å²) in [4.78, 5) is 39.8. The molecule has 7 heteroatoms. The summed E-state index contributed by atoms with van der Waals surface area (Å²) < 4.78 is 10.6. The SMILES string of the molecule is CCCC[C@@]1(c2ccccc2)NC(=O)N(CC(=O)c2ccc3c(c2)OCO3)C1=O. The van der Waals surface area contributed by atoms with E-state index in [9.17, 15) is 14.4 Å². The number of benzene rings is 2. The van der Waals surface area contributed by atoms with Gasteiger partial charge in [0.1, 0.15) is 5.54 Å². The number of urea groups is 1. The zero-order valence-electron chi connectivity index (χ0n) is 16.1. The largest absolute Gasteiger partial charge is 0.454 e. The summed E-state index contributed by atoms with van der Waals surface area (Å²) in [5.41, 5.74) is -0.0470. The van der Waals surface area contributed by atoms with Crippen LogP contribution in [0.15, 0.2) is 48.5 Å². The fourth-order valence-corrected chi connectivity index (χ4v) is 3.75. The number of rotatable bonds is 7. The van der Waals surface area contributed by atoms with Crippen LogP contribution in [0, 0.1) is 0 Å². The minimum Gasteiger partial charge on any atom is -0.454 e. The Kier molecular flexibility index (Phi) is 4.96. The van der Waals surface area contributed by atoms with E-state index in [0.29, 0.717) is 23.5 Å². The predicted octanol–water partition coefficient (Wildman–Crippen LogP) is 3.24. The van der Waals surface area contributed by atoms with E-state index in [1.165, 1.54) is 0 Å². The second-order valence-electron chi connectivity index (χ2n) is 7.19.